The number of benzene rings is 2. The van der Waals surface area contributed by atoms with Crippen molar-refractivity contribution in [3.63, 3.8) is 0 Å². The predicted octanol–water partition coefficient (Wildman–Crippen LogP) is 4.47. The van der Waals surface area contributed by atoms with Crippen LogP contribution in [0.5, 0.6) is 0 Å². The van der Waals surface area contributed by atoms with E-state index in [4.69, 9.17) is 0 Å². The van der Waals surface area contributed by atoms with Crippen LogP contribution >= 0.6 is 15.9 Å². The molecule has 1 unspecified atom stereocenters. The average Bonchev–Trinajstić information content (AvgIpc) is 2.40. The number of nitrogens with zero attached hydrogens (tertiary/aromatic N) is 1. The third-order valence-electron chi connectivity index (χ3n) is 3.13. The minimum Gasteiger partial charge on any atom is -0.197 e. The molecule has 90 valence electrons. The lowest BCUT2D eigenvalue weighted by atomic mass is 9.79. The zero-order valence-electron chi connectivity index (χ0n) is 10.2. The molecule has 0 radical (unpaired) electrons. The summed E-state index contributed by atoms with van der Waals surface area (Å²) < 4.78 is 1.03. The topological polar surface area (TPSA) is 23.8 Å². The van der Waals surface area contributed by atoms with E-state index in [0.717, 1.165) is 16.5 Å². The van der Waals surface area contributed by atoms with Crippen LogP contribution in [-0.4, -0.2) is 0 Å². The van der Waals surface area contributed by atoms with Crippen molar-refractivity contribution in [1.82, 2.24) is 0 Å². The summed E-state index contributed by atoms with van der Waals surface area (Å²) in [5.41, 5.74) is 1.75. The second kappa shape index (κ2) is 5.37. The van der Waals surface area contributed by atoms with Crippen molar-refractivity contribution in [2.75, 3.05) is 0 Å². The molecule has 0 amide bonds. The molecule has 0 spiro atoms. The zero-order chi connectivity index (χ0) is 13.0. The molecular formula is C16H14BrN. The Balaban J connectivity index is 2.32. The Morgan fingerprint density at radius 1 is 1.06 bits per heavy atom. The smallest absolute Gasteiger partial charge is 0.0834 e. The van der Waals surface area contributed by atoms with Crippen LogP contribution in [0, 0.1) is 11.3 Å². The van der Waals surface area contributed by atoms with Crippen LogP contribution in [0.25, 0.3) is 0 Å². The van der Waals surface area contributed by atoms with Gasteiger partial charge in [0.2, 0.25) is 0 Å². The quantitative estimate of drug-likeness (QED) is 0.820. The van der Waals surface area contributed by atoms with Crippen molar-refractivity contribution in [3.05, 3.63) is 70.2 Å². The first-order valence-electron chi connectivity index (χ1n) is 5.85. The van der Waals surface area contributed by atoms with E-state index in [1.807, 2.05) is 49.4 Å². The van der Waals surface area contributed by atoms with Crippen molar-refractivity contribution in [3.8, 4) is 6.07 Å². The van der Waals surface area contributed by atoms with Crippen molar-refractivity contribution in [2.24, 2.45) is 0 Å². The number of rotatable bonds is 3. The van der Waals surface area contributed by atoms with Gasteiger partial charge in [-0.1, -0.05) is 58.4 Å². The lowest BCUT2D eigenvalue weighted by Gasteiger charge is -2.22. The molecule has 2 aromatic carbocycles. The summed E-state index contributed by atoms with van der Waals surface area (Å²) in [6.45, 7) is 1.99. The molecule has 0 saturated carbocycles. The number of nitriles is 1. The highest BCUT2D eigenvalue weighted by atomic mass is 79.9. The minimum absolute atomic E-state index is 0.484. The van der Waals surface area contributed by atoms with Crippen molar-refractivity contribution in [1.29, 1.82) is 5.26 Å². The van der Waals surface area contributed by atoms with Gasteiger partial charge >= 0.3 is 0 Å². The normalized spacial score (nSPS) is 13.6. The lowest BCUT2D eigenvalue weighted by Crippen LogP contribution is -2.22. The summed E-state index contributed by atoms with van der Waals surface area (Å²) in [6, 6.07) is 20.6. The Labute approximate surface area is 116 Å². The third kappa shape index (κ3) is 2.80. The van der Waals surface area contributed by atoms with Crippen LogP contribution in [0.2, 0.25) is 0 Å². The highest BCUT2D eigenvalue weighted by Crippen LogP contribution is 2.28. The standard InChI is InChI=1S/C16H14BrN/c1-16(12-18,11-13-5-3-2-4-6-13)14-7-9-15(17)10-8-14/h2-10H,11H2,1H3. The molecule has 1 atom stereocenters. The van der Waals surface area contributed by atoms with Gasteiger partial charge in [-0.05, 0) is 36.6 Å². The van der Waals surface area contributed by atoms with Crippen LogP contribution in [0.4, 0.5) is 0 Å². The molecule has 18 heavy (non-hydrogen) atoms. The summed E-state index contributed by atoms with van der Waals surface area (Å²) in [6.07, 6.45) is 0.728. The fourth-order valence-electron chi connectivity index (χ4n) is 2.03. The first-order chi connectivity index (χ1) is 8.64. The summed E-state index contributed by atoms with van der Waals surface area (Å²) in [7, 11) is 0. The van der Waals surface area contributed by atoms with Gasteiger partial charge in [0.15, 0.2) is 0 Å². The maximum Gasteiger partial charge on any atom is 0.0834 e. The summed E-state index contributed by atoms with van der Waals surface area (Å²) in [5, 5.41) is 9.51. The van der Waals surface area contributed by atoms with Gasteiger partial charge in [-0.15, -0.1) is 0 Å². The van der Waals surface area contributed by atoms with Gasteiger partial charge in [-0.3, -0.25) is 0 Å². The van der Waals surface area contributed by atoms with Gasteiger partial charge in [-0.25, -0.2) is 0 Å². The first kappa shape index (κ1) is 12.9. The van der Waals surface area contributed by atoms with Gasteiger partial charge in [-0.2, -0.15) is 5.26 Å². The van der Waals surface area contributed by atoms with Crippen molar-refractivity contribution >= 4 is 15.9 Å². The zero-order valence-corrected chi connectivity index (χ0v) is 11.8. The van der Waals surface area contributed by atoms with E-state index in [9.17, 15) is 5.26 Å². The molecule has 2 heteroatoms. The van der Waals surface area contributed by atoms with E-state index in [1.54, 1.807) is 0 Å². The number of halogens is 1. The van der Waals surface area contributed by atoms with Gasteiger partial charge in [0.25, 0.3) is 0 Å². The summed E-state index contributed by atoms with van der Waals surface area (Å²) >= 11 is 3.42. The monoisotopic (exact) mass is 299 g/mol. The van der Waals surface area contributed by atoms with Crippen LogP contribution in [0.3, 0.4) is 0 Å². The molecule has 0 heterocycles. The summed E-state index contributed by atoms with van der Waals surface area (Å²) in [5.74, 6) is 0. The van der Waals surface area contributed by atoms with Crippen molar-refractivity contribution in [2.45, 2.75) is 18.8 Å². The Bertz CT molecular complexity index is 554. The van der Waals surface area contributed by atoms with E-state index >= 15 is 0 Å². The highest BCUT2D eigenvalue weighted by molar-refractivity contribution is 9.10. The van der Waals surface area contributed by atoms with Crippen LogP contribution in [0.1, 0.15) is 18.1 Å². The summed E-state index contributed by atoms with van der Waals surface area (Å²) in [4.78, 5) is 0. The Kier molecular flexibility index (Phi) is 3.84. The lowest BCUT2D eigenvalue weighted by molar-refractivity contribution is 0.606. The third-order valence-corrected chi connectivity index (χ3v) is 3.66. The second-order valence-electron chi connectivity index (χ2n) is 4.61. The molecule has 0 saturated heterocycles. The molecule has 2 rings (SSSR count). The Morgan fingerprint density at radius 3 is 2.22 bits per heavy atom. The fourth-order valence-corrected chi connectivity index (χ4v) is 2.29. The van der Waals surface area contributed by atoms with Crippen LogP contribution < -0.4 is 0 Å². The molecule has 0 fully saturated rings. The van der Waals surface area contributed by atoms with E-state index in [-0.39, 0.29) is 0 Å². The highest BCUT2D eigenvalue weighted by Gasteiger charge is 2.26. The van der Waals surface area contributed by atoms with Crippen LogP contribution in [0.15, 0.2) is 59.1 Å². The Hall–Kier alpha value is -1.59. The van der Waals surface area contributed by atoms with Gasteiger partial charge < -0.3 is 0 Å². The van der Waals surface area contributed by atoms with Crippen LogP contribution in [-0.2, 0) is 11.8 Å². The van der Waals surface area contributed by atoms with Gasteiger partial charge in [0, 0.05) is 4.47 Å². The minimum atomic E-state index is -0.484. The second-order valence-corrected chi connectivity index (χ2v) is 5.53. The molecule has 0 aliphatic heterocycles. The van der Waals surface area contributed by atoms with E-state index in [0.29, 0.717) is 0 Å². The molecular weight excluding hydrogens is 286 g/mol. The van der Waals surface area contributed by atoms with E-state index in [2.05, 4.69) is 34.1 Å². The van der Waals surface area contributed by atoms with Gasteiger partial charge in [0.05, 0.1) is 11.5 Å². The molecule has 2 aromatic rings. The molecule has 0 aliphatic carbocycles. The SMILES string of the molecule is CC(C#N)(Cc1ccccc1)c1ccc(Br)cc1. The van der Waals surface area contributed by atoms with Gasteiger partial charge in [0.1, 0.15) is 0 Å². The van der Waals surface area contributed by atoms with Crippen molar-refractivity contribution < 1.29 is 0 Å². The largest absolute Gasteiger partial charge is 0.197 e. The fraction of sp³-hybridized carbons (Fsp3) is 0.188. The molecule has 0 aliphatic rings. The molecule has 0 aromatic heterocycles. The molecule has 1 nitrogen and oxygen atoms in total. The Morgan fingerprint density at radius 2 is 1.67 bits per heavy atom. The van der Waals surface area contributed by atoms with E-state index < -0.39 is 5.41 Å². The van der Waals surface area contributed by atoms with E-state index in [1.165, 1.54) is 5.56 Å². The number of hydrogen-bond donors (Lipinski definition) is 0. The predicted molar refractivity (Wildman–Crippen MR) is 77.3 cm³/mol. The maximum absolute atomic E-state index is 9.51. The first-order valence-corrected chi connectivity index (χ1v) is 6.64. The maximum atomic E-state index is 9.51. The number of hydrogen-bond acceptors (Lipinski definition) is 1. The molecule has 0 N–H and O–H groups in total. The average molecular weight is 300 g/mol. The molecule has 0 bridgehead atoms.